The number of imide groups is 2. The van der Waals surface area contributed by atoms with Crippen LogP contribution in [0, 0.1) is 0 Å². The molecule has 32 heavy (non-hydrogen) atoms. The van der Waals surface area contributed by atoms with Crippen LogP contribution in [0.4, 0.5) is 10.5 Å². The molecular weight excluding hydrogens is 476 g/mol. The average Bonchev–Trinajstić information content (AvgIpc) is 2.74. The van der Waals surface area contributed by atoms with Gasteiger partial charge in [-0.3, -0.25) is 14.9 Å². The zero-order chi connectivity index (χ0) is 23.3. The van der Waals surface area contributed by atoms with E-state index in [0.29, 0.717) is 29.4 Å². The topological polar surface area (TPSA) is 84.9 Å². The summed E-state index contributed by atoms with van der Waals surface area (Å²) in [5.41, 5.74) is 0.710. The summed E-state index contributed by atoms with van der Waals surface area (Å²) in [4.78, 5) is 39.0. The zero-order valence-corrected chi connectivity index (χ0v) is 19.8. The van der Waals surface area contributed by atoms with Gasteiger partial charge in [0.15, 0.2) is 0 Å². The number of unbranched alkanes of at least 4 members (excludes halogenated alkanes) is 1. The number of hydrogen-bond acceptors (Lipinski definition) is 5. The van der Waals surface area contributed by atoms with Gasteiger partial charge in [0.1, 0.15) is 17.1 Å². The van der Waals surface area contributed by atoms with Crippen molar-refractivity contribution in [3.8, 4) is 11.5 Å². The first-order valence-electron chi connectivity index (χ1n) is 10.4. The fourth-order valence-electron chi connectivity index (χ4n) is 3.07. The van der Waals surface area contributed by atoms with E-state index in [1.54, 1.807) is 36.4 Å². The number of urea groups is 1. The quantitative estimate of drug-likeness (QED) is 0.310. The second-order valence-electron chi connectivity index (χ2n) is 7.50. The van der Waals surface area contributed by atoms with Crippen molar-refractivity contribution in [3.05, 3.63) is 58.1 Å². The molecule has 8 heteroatoms. The minimum Gasteiger partial charge on any atom is -0.494 e. The smallest absolute Gasteiger partial charge is 0.335 e. The molecule has 4 amide bonds. The van der Waals surface area contributed by atoms with Gasteiger partial charge in [-0.2, -0.15) is 0 Å². The Morgan fingerprint density at radius 1 is 1.09 bits per heavy atom. The summed E-state index contributed by atoms with van der Waals surface area (Å²) in [7, 11) is 0. The number of amides is 4. The lowest BCUT2D eigenvalue weighted by Crippen LogP contribution is -2.54. The number of halogens is 1. The molecule has 1 aliphatic heterocycles. The summed E-state index contributed by atoms with van der Waals surface area (Å²) >= 11 is 3.40. The summed E-state index contributed by atoms with van der Waals surface area (Å²) < 4.78 is 12.2. The number of anilines is 1. The molecule has 1 aliphatic rings. The number of hydrogen-bond donors (Lipinski definition) is 1. The summed E-state index contributed by atoms with van der Waals surface area (Å²) in [6, 6.07) is 11.1. The van der Waals surface area contributed by atoms with Gasteiger partial charge in [0.2, 0.25) is 0 Å². The van der Waals surface area contributed by atoms with Crippen molar-refractivity contribution in [1.29, 1.82) is 0 Å². The van der Waals surface area contributed by atoms with Crippen LogP contribution in [-0.2, 0) is 9.59 Å². The van der Waals surface area contributed by atoms with E-state index in [9.17, 15) is 14.4 Å². The molecule has 1 N–H and O–H groups in total. The van der Waals surface area contributed by atoms with Crippen LogP contribution in [-0.4, -0.2) is 30.6 Å². The maximum Gasteiger partial charge on any atom is 0.335 e. The molecule has 0 atom stereocenters. The maximum atomic E-state index is 13.2. The third-order valence-electron chi connectivity index (χ3n) is 4.60. The Balaban J connectivity index is 1.91. The Hall–Kier alpha value is -3.13. The number of ether oxygens (including phenoxy) is 2. The predicted octanol–water partition coefficient (Wildman–Crippen LogP) is 5.08. The molecule has 0 saturated carbocycles. The van der Waals surface area contributed by atoms with Gasteiger partial charge < -0.3 is 9.47 Å². The van der Waals surface area contributed by atoms with Crippen LogP contribution in [0.3, 0.4) is 0 Å². The Labute approximate surface area is 195 Å². The Kier molecular flexibility index (Phi) is 7.69. The minimum atomic E-state index is -0.801. The Bertz CT molecular complexity index is 1050. The monoisotopic (exact) mass is 500 g/mol. The Morgan fingerprint density at radius 2 is 1.81 bits per heavy atom. The highest BCUT2D eigenvalue weighted by Crippen LogP contribution is 2.29. The number of nitrogens with one attached hydrogen (secondary N) is 1. The highest BCUT2D eigenvalue weighted by atomic mass is 79.9. The van der Waals surface area contributed by atoms with Crippen LogP contribution in [0.1, 0.15) is 39.2 Å². The van der Waals surface area contributed by atoms with Gasteiger partial charge in [-0.25, -0.2) is 9.69 Å². The highest BCUT2D eigenvalue weighted by Gasteiger charge is 2.37. The van der Waals surface area contributed by atoms with E-state index in [1.165, 1.54) is 6.08 Å². The van der Waals surface area contributed by atoms with Crippen LogP contribution in [0.2, 0.25) is 0 Å². The summed E-state index contributed by atoms with van der Waals surface area (Å²) in [5.74, 6) is -0.308. The third kappa shape index (κ3) is 5.56. The van der Waals surface area contributed by atoms with Crippen LogP contribution in [0.15, 0.2) is 52.5 Å². The minimum absolute atomic E-state index is 0.0969. The summed E-state index contributed by atoms with van der Waals surface area (Å²) in [6.45, 7) is 6.43. The van der Waals surface area contributed by atoms with Crippen molar-refractivity contribution in [2.24, 2.45) is 0 Å². The van der Waals surface area contributed by atoms with E-state index in [-0.39, 0.29) is 11.7 Å². The second-order valence-corrected chi connectivity index (χ2v) is 8.42. The SMILES string of the molecule is CCCCOc1ccc(N2C(=O)NC(=O)/C(=C/c3cc(Br)ccc3OC(C)C)C2=O)cc1. The normalized spacial score (nSPS) is 15.3. The third-order valence-corrected chi connectivity index (χ3v) is 5.09. The molecule has 1 heterocycles. The first kappa shape index (κ1) is 23.5. The lowest BCUT2D eigenvalue weighted by Gasteiger charge is -2.26. The molecule has 1 fully saturated rings. The fourth-order valence-corrected chi connectivity index (χ4v) is 3.45. The van der Waals surface area contributed by atoms with Crippen molar-refractivity contribution in [2.75, 3.05) is 11.5 Å². The number of barbiturate groups is 1. The van der Waals surface area contributed by atoms with Crippen LogP contribution in [0.5, 0.6) is 11.5 Å². The van der Waals surface area contributed by atoms with Crippen LogP contribution in [0.25, 0.3) is 6.08 Å². The molecule has 0 aliphatic carbocycles. The first-order chi connectivity index (χ1) is 15.3. The van der Waals surface area contributed by atoms with Gasteiger partial charge in [-0.15, -0.1) is 0 Å². The molecule has 0 radical (unpaired) electrons. The van der Waals surface area contributed by atoms with E-state index < -0.39 is 17.8 Å². The van der Waals surface area contributed by atoms with Crippen molar-refractivity contribution in [1.82, 2.24) is 5.32 Å². The van der Waals surface area contributed by atoms with E-state index in [0.717, 1.165) is 22.2 Å². The number of nitrogens with zero attached hydrogens (tertiary/aromatic N) is 1. The zero-order valence-electron chi connectivity index (χ0n) is 18.2. The van der Waals surface area contributed by atoms with E-state index in [2.05, 4.69) is 28.2 Å². The molecule has 0 spiro atoms. The number of benzene rings is 2. The molecule has 2 aromatic rings. The molecular formula is C24H25BrN2O5. The molecule has 2 aromatic carbocycles. The first-order valence-corrected chi connectivity index (χ1v) is 11.2. The van der Waals surface area contributed by atoms with Crippen LogP contribution < -0.4 is 19.7 Å². The van der Waals surface area contributed by atoms with Crippen molar-refractivity contribution in [3.63, 3.8) is 0 Å². The highest BCUT2D eigenvalue weighted by molar-refractivity contribution is 9.10. The molecule has 0 aromatic heterocycles. The lowest BCUT2D eigenvalue weighted by atomic mass is 10.1. The molecule has 168 valence electrons. The van der Waals surface area contributed by atoms with Gasteiger partial charge in [0.05, 0.1) is 18.4 Å². The number of rotatable bonds is 8. The summed E-state index contributed by atoms with van der Waals surface area (Å²) in [5, 5.41) is 2.24. The molecule has 3 rings (SSSR count). The van der Waals surface area contributed by atoms with Crippen molar-refractivity contribution in [2.45, 2.75) is 39.7 Å². The predicted molar refractivity (Wildman–Crippen MR) is 126 cm³/mol. The standard InChI is InChI=1S/C24H25BrN2O5/c1-4-5-12-31-19-9-7-18(8-10-19)27-23(29)20(22(28)26-24(27)30)14-16-13-17(25)6-11-21(16)32-15(2)3/h6-11,13-15H,4-5,12H2,1-3H3,(H,26,28,30)/b20-14-. The van der Waals surface area contributed by atoms with Gasteiger partial charge in [0.25, 0.3) is 11.8 Å². The van der Waals surface area contributed by atoms with Gasteiger partial charge >= 0.3 is 6.03 Å². The van der Waals surface area contributed by atoms with Crippen LogP contribution >= 0.6 is 15.9 Å². The second kappa shape index (κ2) is 10.5. The lowest BCUT2D eigenvalue weighted by molar-refractivity contribution is -0.122. The average molecular weight is 501 g/mol. The molecule has 0 unspecified atom stereocenters. The molecule has 0 bridgehead atoms. The largest absolute Gasteiger partial charge is 0.494 e. The van der Waals surface area contributed by atoms with E-state index in [1.807, 2.05) is 19.9 Å². The molecule has 7 nitrogen and oxygen atoms in total. The Morgan fingerprint density at radius 3 is 2.47 bits per heavy atom. The van der Waals surface area contributed by atoms with E-state index >= 15 is 0 Å². The van der Waals surface area contributed by atoms with Gasteiger partial charge in [0, 0.05) is 10.0 Å². The van der Waals surface area contributed by atoms with Gasteiger partial charge in [-0.05, 0) is 68.8 Å². The fraction of sp³-hybridized carbons (Fsp3) is 0.292. The number of carbonyl (C=O) groups is 3. The number of carbonyl (C=O) groups excluding carboxylic acids is 3. The van der Waals surface area contributed by atoms with Gasteiger partial charge in [-0.1, -0.05) is 29.3 Å². The summed E-state index contributed by atoms with van der Waals surface area (Å²) in [6.07, 6.45) is 3.29. The van der Waals surface area contributed by atoms with Crippen molar-refractivity contribution < 1.29 is 23.9 Å². The molecule has 1 saturated heterocycles. The van der Waals surface area contributed by atoms with Crippen molar-refractivity contribution >= 4 is 45.5 Å². The maximum absolute atomic E-state index is 13.2. The van der Waals surface area contributed by atoms with E-state index in [4.69, 9.17) is 9.47 Å².